The molecular weight excluding hydrogens is 458 g/mol. The Hall–Kier alpha value is -3.48. The summed E-state index contributed by atoms with van der Waals surface area (Å²) in [4.78, 5) is 67.9. The van der Waals surface area contributed by atoms with Crippen molar-refractivity contribution in [3.8, 4) is 0 Å². The molecule has 0 aliphatic carbocycles. The van der Waals surface area contributed by atoms with Gasteiger partial charge in [0.15, 0.2) is 0 Å². The SMILES string of the molecule is CCC(C)C(N)C(=O)NC(C(=O)NC(Cc1cnc[nH]1)C(=O)NC(CCC(N)=O)C(=O)O)C(C)C. The predicted octanol–water partition coefficient (Wildman–Crippen LogP) is -1.21. The van der Waals surface area contributed by atoms with E-state index in [1.165, 1.54) is 12.5 Å². The third-order valence-electron chi connectivity index (χ3n) is 5.71. The Morgan fingerprint density at radius 2 is 1.66 bits per heavy atom. The normalized spacial score (nSPS) is 15.4. The topological polar surface area (TPSA) is 222 Å². The van der Waals surface area contributed by atoms with Crippen LogP contribution >= 0.6 is 0 Å². The zero-order valence-electron chi connectivity index (χ0n) is 20.5. The highest BCUT2D eigenvalue weighted by molar-refractivity contribution is 5.94. The smallest absolute Gasteiger partial charge is 0.326 e. The minimum absolute atomic E-state index is 0.0229. The Bertz CT molecular complexity index is 874. The van der Waals surface area contributed by atoms with Crippen molar-refractivity contribution in [3.05, 3.63) is 18.2 Å². The standard InChI is InChI=1S/C22H37N7O6/c1-5-12(4)17(24)20(32)29-18(11(2)3)21(33)28-15(8-13-9-25-10-26-13)19(31)27-14(22(34)35)6-7-16(23)30/h9-12,14-15,17-18H,5-8,24H2,1-4H3,(H2,23,30)(H,25,26)(H,27,31)(H,28,33)(H,29,32)(H,34,35). The number of nitrogens with one attached hydrogen (secondary N) is 4. The van der Waals surface area contributed by atoms with Crippen molar-refractivity contribution in [1.82, 2.24) is 25.9 Å². The van der Waals surface area contributed by atoms with Crippen LogP contribution in [0.4, 0.5) is 0 Å². The Balaban J connectivity index is 3.05. The van der Waals surface area contributed by atoms with Crippen molar-refractivity contribution in [3.63, 3.8) is 0 Å². The molecular formula is C22H37N7O6. The number of imidazole rings is 1. The maximum atomic E-state index is 13.1. The number of rotatable bonds is 15. The molecule has 13 nitrogen and oxygen atoms in total. The maximum absolute atomic E-state index is 13.1. The molecule has 1 aromatic rings. The summed E-state index contributed by atoms with van der Waals surface area (Å²) in [5, 5.41) is 17.0. The number of aliphatic carboxylic acids is 1. The largest absolute Gasteiger partial charge is 0.480 e. The molecule has 0 aliphatic rings. The lowest BCUT2D eigenvalue weighted by Crippen LogP contribution is -2.59. The Kier molecular flexibility index (Phi) is 11.9. The highest BCUT2D eigenvalue weighted by Gasteiger charge is 2.32. The van der Waals surface area contributed by atoms with Gasteiger partial charge in [-0.05, 0) is 18.3 Å². The van der Waals surface area contributed by atoms with Crippen LogP contribution in [0.3, 0.4) is 0 Å². The molecule has 35 heavy (non-hydrogen) atoms. The second-order valence-electron chi connectivity index (χ2n) is 8.89. The average Bonchev–Trinajstić information content (AvgIpc) is 3.30. The summed E-state index contributed by atoms with van der Waals surface area (Å²) in [5.41, 5.74) is 11.6. The van der Waals surface area contributed by atoms with Gasteiger partial charge in [0, 0.05) is 24.7 Å². The molecule has 0 fully saturated rings. The highest BCUT2D eigenvalue weighted by Crippen LogP contribution is 2.09. The molecule has 0 bridgehead atoms. The van der Waals surface area contributed by atoms with Crippen LogP contribution in [0.5, 0.6) is 0 Å². The lowest BCUT2D eigenvalue weighted by atomic mass is 9.97. The van der Waals surface area contributed by atoms with Crippen molar-refractivity contribution >= 4 is 29.6 Å². The average molecular weight is 496 g/mol. The van der Waals surface area contributed by atoms with Gasteiger partial charge in [0.2, 0.25) is 23.6 Å². The number of nitrogens with two attached hydrogens (primary N) is 2. The first-order valence-corrected chi connectivity index (χ1v) is 11.5. The van der Waals surface area contributed by atoms with Crippen LogP contribution < -0.4 is 27.4 Å². The third kappa shape index (κ3) is 9.73. The lowest BCUT2D eigenvalue weighted by Gasteiger charge is -2.27. The van der Waals surface area contributed by atoms with Gasteiger partial charge >= 0.3 is 5.97 Å². The first kappa shape index (κ1) is 29.6. The molecule has 196 valence electrons. The Morgan fingerprint density at radius 1 is 1.03 bits per heavy atom. The molecule has 4 amide bonds. The fraction of sp³-hybridized carbons (Fsp3) is 0.636. The van der Waals surface area contributed by atoms with Crippen molar-refractivity contribution < 1.29 is 29.1 Å². The minimum Gasteiger partial charge on any atom is -0.480 e. The molecule has 1 aromatic heterocycles. The summed E-state index contributed by atoms with van der Waals surface area (Å²) in [5.74, 6) is -4.39. The summed E-state index contributed by atoms with van der Waals surface area (Å²) in [7, 11) is 0. The number of nitrogens with zero attached hydrogens (tertiary/aromatic N) is 1. The second-order valence-corrected chi connectivity index (χ2v) is 8.89. The number of hydrogen-bond acceptors (Lipinski definition) is 7. The number of carboxylic acids is 1. The fourth-order valence-corrected chi connectivity index (χ4v) is 3.20. The highest BCUT2D eigenvalue weighted by atomic mass is 16.4. The van der Waals surface area contributed by atoms with E-state index in [4.69, 9.17) is 11.5 Å². The van der Waals surface area contributed by atoms with E-state index < -0.39 is 53.8 Å². The number of H-pyrrole nitrogens is 1. The maximum Gasteiger partial charge on any atom is 0.326 e. The van der Waals surface area contributed by atoms with Crippen LogP contribution in [0, 0.1) is 11.8 Å². The molecule has 0 saturated carbocycles. The van der Waals surface area contributed by atoms with Gasteiger partial charge in [-0.25, -0.2) is 9.78 Å². The third-order valence-corrected chi connectivity index (χ3v) is 5.71. The van der Waals surface area contributed by atoms with Crippen LogP contribution in [0.1, 0.15) is 52.7 Å². The number of hydrogen-bond donors (Lipinski definition) is 7. The summed E-state index contributed by atoms with van der Waals surface area (Å²) >= 11 is 0. The van der Waals surface area contributed by atoms with Gasteiger partial charge in [0.25, 0.3) is 0 Å². The first-order chi connectivity index (χ1) is 16.4. The summed E-state index contributed by atoms with van der Waals surface area (Å²) < 4.78 is 0. The van der Waals surface area contributed by atoms with E-state index in [2.05, 4.69) is 25.9 Å². The summed E-state index contributed by atoms with van der Waals surface area (Å²) in [6, 6.07) is -4.37. The van der Waals surface area contributed by atoms with Crippen LogP contribution in [-0.2, 0) is 30.4 Å². The van der Waals surface area contributed by atoms with E-state index in [1.54, 1.807) is 13.8 Å². The van der Waals surface area contributed by atoms with Gasteiger partial charge in [0.05, 0.1) is 12.4 Å². The Labute approximate surface area is 204 Å². The number of aromatic nitrogens is 2. The number of carboxylic acid groups (broad SMARTS) is 1. The molecule has 0 radical (unpaired) electrons. The van der Waals surface area contributed by atoms with E-state index in [1.807, 2.05) is 13.8 Å². The van der Waals surface area contributed by atoms with Crippen LogP contribution in [-0.4, -0.2) is 68.8 Å². The molecule has 1 heterocycles. The number of carbonyl (C=O) groups excluding carboxylic acids is 4. The molecule has 9 N–H and O–H groups in total. The number of carbonyl (C=O) groups is 5. The monoisotopic (exact) mass is 495 g/mol. The number of aromatic amines is 1. The van der Waals surface area contributed by atoms with Crippen molar-refractivity contribution in [2.45, 2.75) is 77.5 Å². The van der Waals surface area contributed by atoms with Crippen molar-refractivity contribution in [2.24, 2.45) is 23.3 Å². The fourth-order valence-electron chi connectivity index (χ4n) is 3.20. The van der Waals surface area contributed by atoms with E-state index in [-0.39, 0.29) is 31.1 Å². The van der Waals surface area contributed by atoms with Gasteiger partial charge < -0.3 is 37.5 Å². The van der Waals surface area contributed by atoms with Gasteiger partial charge in [-0.15, -0.1) is 0 Å². The summed E-state index contributed by atoms with van der Waals surface area (Å²) in [6.45, 7) is 7.19. The van der Waals surface area contributed by atoms with Gasteiger partial charge in [-0.1, -0.05) is 34.1 Å². The zero-order chi connectivity index (χ0) is 26.7. The first-order valence-electron chi connectivity index (χ1n) is 11.5. The molecule has 5 unspecified atom stereocenters. The molecule has 0 aliphatic heterocycles. The van der Waals surface area contributed by atoms with E-state index in [0.717, 1.165) is 0 Å². The van der Waals surface area contributed by atoms with E-state index in [9.17, 15) is 29.1 Å². The molecule has 0 spiro atoms. The van der Waals surface area contributed by atoms with Gasteiger partial charge in [-0.3, -0.25) is 19.2 Å². The van der Waals surface area contributed by atoms with Crippen LogP contribution in [0.2, 0.25) is 0 Å². The van der Waals surface area contributed by atoms with Crippen LogP contribution in [0.25, 0.3) is 0 Å². The van der Waals surface area contributed by atoms with Crippen LogP contribution in [0.15, 0.2) is 12.5 Å². The number of amides is 4. The molecule has 0 aromatic carbocycles. The van der Waals surface area contributed by atoms with Crippen molar-refractivity contribution in [1.29, 1.82) is 0 Å². The minimum atomic E-state index is -1.38. The van der Waals surface area contributed by atoms with Crippen molar-refractivity contribution in [2.75, 3.05) is 0 Å². The molecule has 0 saturated heterocycles. The molecule has 1 rings (SSSR count). The summed E-state index contributed by atoms with van der Waals surface area (Å²) in [6.07, 6.45) is 3.06. The van der Waals surface area contributed by atoms with E-state index in [0.29, 0.717) is 12.1 Å². The van der Waals surface area contributed by atoms with Gasteiger partial charge in [-0.2, -0.15) is 0 Å². The second kappa shape index (κ2) is 14.0. The Morgan fingerprint density at radius 3 is 2.14 bits per heavy atom. The predicted molar refractivity (Wildman–Crippen MR) is 126 cm³/mol. The quantitative estimate of drug-likeness (QED) is 0.156. The van der Waals surface area contributed by atoms with E-state index >= 15 is 0 Å². The lowest BCUT2D eigenvalue weighted by molar-refractivity contribution is -0.142. The number of primary amides is 1. The molecule has 5 atom stereocenters. The zero-order valence-corrected chi connectivity index (χ0v) is 20.5. The van der Waals surface area contributed by atoms with Gasteiger partial charge in [0.1, 0.15) is 18.1 Å². The molecule has 13 heteroatoms.